The Morgan fingerprint density at radius 3 is 2.67 bits per heavy atom. The average Bonchev–Trinajstić information content (AvgIpc) is 2.20. The molecule has 0 heterocycles. The molecular formula is C12H13NO2. The molecule has 0 aliphatic heterocycles. The number of rotatable bonds is 3. The zero-order valence-electron chi connectivity index (χ0n) is 8.91. The van der Waals surface area contributed by atoms with Crippen molar-refractivity contribution in [2.75, 3.05) is 0 Å². The molecule has 0 spiro atoms. The van der Waals surface area contributed by atoms with Gasteiger partial charge < -0.3 is 4.74 Å². The summed E-state index contributed by atoms with van der Waals surface area (Å²) in [6, 6.07) is 7.64. The summed E-state index contributed by atoms with van der Waals surface area (Å²) in [5.74, 6) is 0.198. The Kier molecular flexibility index (Phi) is 3.87. The van der Waals surface area contributed by atoms with Crippen molar-refractivity contribution in [2.45, 2.75) is 26.7 Å². The minimum Gasteiger partial charge on any atom is -0.426 e. The molecule has 0 amide bonds. The zero-order chi connectivity index (χ0) is 11.3. The highest BCUT2D eigenvalue weighted by atomic mass is 16.5. The third-order valence-electron chi connectivity index (χ3n) is 2.07. The molecule has 3 nitrogen and oxygen atoms in total. The van der Waals surface area contributed by atoms with Gasteiger partial charge in [-0.15, -0.1) is 0 Å². The van der Waals surface area contributed by atoms with Crippen LogP contribution in [0.3, 0.4) is 0 Å². The molecule has 0 atom stereocenters. The Hall–Kier alpha value is -1.82. The number of carbonyl (C=O) groups is 1. The van der Waals surface area contributed by atoms with E-state index in [2.05, 4.69) is 6.07 Å². The van der Waals surface area contributed by atoms with Crippen molar-refractivity contribution in [1.29, 1.82) is 5.26 Å². The van der Waals surface area contributed by atoms with Gasteiger partial charge in [-0.1, -0.05) is 25.1 Å². The number of esters is 1. The molecule has 0 radical (unpaired) electrons. The van der Waals surface area contributed by atoms with Crippen LogP contribution in [0.2, 0.25) is 0 Å². The molecule has 0 aromatic heterocycles. The Bertz CT molecular complexity index is 405. The van der Waals surface area contributed by atoms with Crippen LogP contribution in [0.15, 0.2) is 18.2 Å². The first-order valence-electron chi connectivity index (χ1n) is 4.85. The highest BCUT2D eigenvalue weighted by Gasteiger charge is 2.10. The molecule has 0 aliphatic carbocycles. The van der Waals surface area contributed by atoms with E-state index in [4.69, 9.17) is 10.00 Å². The van der Waals surface area contributed by atoms with Gasteiger partial charge in [0.2, 0.25) is 0 Å². The van der Waals surface area contributed by atoms with Crippen LogP contribution < -0.4 is 4.74 Å². The number of nitriles is 1. The first-order valence-corrected chi connectivity index (χ1v) is 4.85. The summed E-state index contributed by atoms with van der Waals surface area (Å²) in [5, 5.41) is 8.65. The van der Waals surface area contributed by atoms with Gasteiger partial charge in [0.15, 0.2) is 0 Å². The van der Waals surface area contributed by atoms with Crippen LogP contribution in [-0.2, 0) is 17.6 Å². The molecule has 1 rings (SSSR count). The molecule has 0 saturated carbocycles. The molecule has 0 aliphatic rings. The second-order valence-corrected chi connectivity index (χ2v) is 3.19. The van der Waals surface area contributed by atoms with Gasteiger partial charge >= 0.3 is 5.97 Å². The lowest BCUT2D eigenvalue weighted by atomic mass is 10.0. The van der Waals surface area contributed by atoms with Crippen molar-refractivity contribution >= 4 is 5.97 Å². The number of ether oxygens (including phenoxy) is 1. The number of hydrogen-bond acceptors (Lipinski definition) is 3. The summed E-state index contributed by atoms with van der Waals surface area (Å²) in [6.07, 6.45) is 1.04. The second-order valence-electron chi connectivity index (χ2n) is 3.19. The number of carbonyl (C=O) groups excluding carboxylic acids is 1. The fraction of sp³-hybridized carbons (Fsp3) is 0.333. The van der Waals surface area contributed by atoms with Crippen molar-refractivity contribution in [3.05, 3.63) is 29.3 Å². The maximum atomic E-state index is 10.9. The largest absolute Gasteiger partial charge is 0.426 e. The van der Waals surface area contributed by atoms with E-state index < -0.39 is 0 Å². The molecule has 1 aromatic carbocycles. The molecule has 0 unspecified atom stereocenters. The lowest BCUT2D eigenvalue weighted by Crippen LogP contribution is -2.06. The first kappa shape index (κ1) is 11.3. The number of para-hydroxylation sites is 1. The average molecular weight is 203 g/mol. The monoisotopic (exact) mass is 203 g/mol. The third kappa shape index (κ3) is 2.81. The van der Waals surface area contributed by atoms with Crippen LogP contribution in [-0.4, -0.2) is 5.97 Å². The molecule has 0 saturated heterocycles. The summed E-state index contributed by atoms with van der Waals surface area (Å²) in [5.41, 5.74) is 1.73. The van der Waals surface area contributed by atoms with Crippen molar-refractivity contribution < 1.29 is 9.53 Å². The number of benzene rings is 1. The van der Waals surface area contributed by atoms with Crippen LogP contribution in [0.25, 0.3) is 0 Å². The second kappa shape index (κ2) is 5.16. The van der Waals surface area contributed by atoms with Crippen molar-refractivity contribution in [1.82, 2.24) is 0 Å². The maximum absolute atomic E-state index is 10.9. The van der Waals surface area contributed by atoms with E-state index in [1.807, 2.05) is 19.1 Å². The SMILES string of the molecule is CCc1cccc(CC#N)c1OC(C)=O. The highest BCUT2D eigenvalue weighted by Crippen LogP contribution is 2.25. The quantitative estimate of drug-likeness (QED) is 0.559. The van der Waals surface area contributed by atoms with E-state index in [0.29, 0.717) is 5.75 Å². The van der Waals surface area contributed by atoms with Crippen molar-refractivity contribution in [3.63, 3.8) is 0 Å². The van der Waals surface area contributed by atoms with Gasteiger partial charge in [-0.2, -0.15) is 5.26 Å². The lowest BCUT2D eigenvalue weighted by molar-refractivity contribution is -0.131. The van der Waals surface area contributed by atoms with Gasteiger partial charge in [-0.05, 0) is 12.0 Å². The van der Waals surface area contributed by atoms with Gasteiger partial charge in [0.1, 0.15) is 5.75 Å². The topological polar surface area (TPSA) is 50.1 Å². The first-order chi connectivity index (χ1) is 7.19. The van der Waals surface area contributed by atoms with Crippen LogP contribution in [0.5, 0.6) is 5.75 Å². The third-order valence-corrected chi connectivity index (χ3v) is 2.07. The fourth-order valence-electron chi connectivity index (χ4n) is 1.42. The summed E-state index contributed by atoms with van der Waals surface area (Å²) in [4.78, 5) is 10.9. The maximum Gasteiger partial charge on any atom is 0.308 e. The van der Waals surface area contributed by atoms with E-state index in [0.717, 1.165) is 17.5 Å². The fourth-order valence-corrected chi connectivity index (χ4v) is 1.42. The molecule has 0 fully saturated rings. The molecule has 78 valence electrons. The summed E-state index contributed by atoms with van der Waals surface area (Å²) in [6.45, 7) is 3.35. The molecule has 0 bridgehead atoms. The van der Waals surface area contributed by atoms with Gasteiger partial charge in [-0.25, -0.2) is 0 Å². The van der Waals surface area contributed by atoms with Crippen molar-refractivity contribution in [3.8, 4) is 11.8 Å². The summed E-state index contributed by atoms with van der Waals surface area (Å²) >= 11 is 0. The lowest BCUT2D eigenvalue weighted by Gasteiger charge is -2.10. The molecule has 0 N–H and O–H groups in total. The van der Waals surface area contributed by atoms with Gasteiger partial charge in [-0.3, -0.25) is 4.79 Å². The summed E-state index contributed by atoms with van der Waals surface area (Å²) < 4.78 is 5.13. The minimum absolute atomic E-state index is 0.260. The Morgan fingerprint density at radius 2 is 2.13 bits per heavy atom. The Balaban J connectivity index is 3.15. The highest BCUT2D eigenvalue weighted by molar-refractivity contribution is 5.70. The van der Waals surface area contributed by atoms with Crippen LogP contribution in [0, 0.1) is 11.3 Å². The predicted octanol–water partition coefficient (Wildman–Crippen LogP) is 2.24. The van der Waals surface area contributed by atoms with Gasteiger partial charge in [0, 0.05) is 12.5 Å². The van der Waals surface area contributed by atoms with Crippen molar-refractivity contribution in [2.24, 2.45) is 0 Å². The minimum atomic E-state index is -0.352. The molecule has 1 aromatic rings. The van der Waals surface area contributed by atoms with E-state index in [-0.39, 0.29) is 12.4 Å². The Morgan fingerprint density at radius 1 is 1.47 bits per heavy atom. The van der Waals surface area contributed by atoms with Crippen LogP contribution >= 0.6 is 0 Å². The molecule has 15 heavy (non-hydrogen) atoms. The molecule has 3 heteroatoms. The van der Waals surface area contributed by atoms with E-state index in [1.54, 1.807) is 6.07 Å². The standard InChI is InChI=1S/C12H13NO2/c1-3-10-5-4-6-11(7-8-13)12(10)15-9(2)14/h4-6H,3,7H2,1-2H3. The van der Waals surface area contributed by atoms with Crippen LogP contribution in [0.1, 0.15) is 25.0 Å². The van der Waals surface area contributed by atoms with Crippen LogP contribution in [0.4, 0.5) is 0 Å². The van der Waals surface area contributed by atoms with Gasteiger partial charge in [0.25, 0.3) is 0 Å². The number of nitrogens with zero attached hydrogens (tertiary/aromatic N) is 1. The van der Waals surface area contributed by atoms with E-state index in [1.165, 1.54) is 6.92 Å². The van der Waals surface area contributed by atoms with E-state index >= 15 is 0 Å². The van der Waals surface area contributed by atoms with Gasteiger partial charge in [0.05, 0.1) is 12.5 Å². The number of aryl methyl sites for hydroxylation is 1. The van der Waals surface area contributed by atoms with E-state index in [9.17, 15) is 4.79 Å². The molecular weight excluding hydrogens is 190 g/mol. The normalized spacial score (nSPS) is 9.40. The Labute approximate surface area is 89.3 Å². The smallest absolute Gasteiger partial charge is 0.308 e. The predicted molar refractivity (Wildman–Crippen MR) is 56.4 cm³/mol. The summed E-state index contributed by atoms with van der Waals surface area (Å²) in [7, 11) is 0. The zero-order valence-corrected chi connectivity index (χ0v) is 8.91. The number of hydrogen-bond donors (Lipinski definition) is 0.